The van der Waals surface area contributed by atoms with E-state index in [0.29, 0.717) is 29.6 Å². The third kappa shape index (κ3) is 3.27. The molecule has 25 heavy (non-hydrogen) atoms. The summed E-state index contributed by atoms with van der Waals surface area (Å²) in [6.45, 7) is 5.50. The first-order chi connectivity index (χ1) is 11.9. The molecule has 1 aromatic carbocycles. The highest BCUT2D eigenvalue weighted by atomic mass is 35.5. The quantitative estimate of drug-likeness (QED) is 0.898. The van der Waals surface area contributed by atoms with Crippen LogP contribution < -0.4 is 5.32 Å². The third-order valence-electron chi connectivity index (χ3n) is 5.84. The van der Waals surface area contributed by atoms with E-state index in [2.05, 4.69) is 19.2 Å². The molecule has 0 saturated carbocycles. The minimum atomic E-state index is -0.318. The van der Waals surface area contributed by atoms with E-state index in [9.17, 15) is 9.59 Å². The van der Waals surface area contributed by atoms with Crippen LogP contribution in [0.25, 0.3) is 0 Å². The molecule has 2 unspecified atom stereocenters. The molecule has 2 saturated heterocycles. The molecule has 136 valence electrons. The third-order valence-corrected chi connectivity index (χ3v) is 6.10. The maximum atomic E-state index is 12.7. The summed E-state index contributed by atoms with van der Waals surface area (Å²) in [5.74, 6) is 0.506. The maximum absolute atomic E-state index is 12.7. The van der Waals surface area contributed by atoms with Crippen LogP contribution in [0.15, 0.2) is 24.3 Å². The number of carbonyl (C=O) groups excluding carboxylic acids is 2. The highest BCUT2D eigenvalue weighted by molar-refractivity contribution is 6.30. The molecule has 2 atom stereocenters. The molecule has 0 aliphatic carbocycles. The summed E-state index contributed by atoms with van der Waals surface area (Å²) in [6, 6.07) is 6.88. The standard InChI is InChI=1S/C19H26ClN3O2/c1-4-13(2)16-18(25)22(3)19(21-16)9-11-23(12-10-19)17(24)14-5-7-15(20)8-6-14/h5-8,13,16,21H,4,9-12H2,1-3H3. The molecule has 1 spiro atoms. The van der Waals surface area contributed by atoms with Crippen LogP contribution in [0.4, 0.5) is 0 Å². The van der Waals surface area contributed by atoms with Gasteiger partial charge in [0.1, 0.15) is 0 Å². The van der Waals surface area contributed by atoms with Gasteiger partial charge in [-0.25, -0.2) is 0 Å². The Morgan fingerprint density at radius 1 is 1.32 bits per heavy atom. The molecule has 2 fully saturated rings. The lowest BCUT2D eigenvalue weighted by atomic mass is 9.95. The summed E-state index contributed by atoms with van der Waals surface area (Å²) < 4.78 is 0. The zero-order valence-corrected chi connectivity index (χ0v) is 15.8. The fraction of sp³-hybridized carbons (Fsp3) is 0.579. The summed E-state index contributed by atoms with van der Waals surface area (Å²) in [7, 11) is 1.88. The van der Waals surface area contributed by atoms with Gasteiger partial charge < -0.3 is 9.80 Å². The number of hydrogen-bond acceptors (Lipinski definition) is 3. The number of benzene rings is 1. The van der Waals surface area contributed by atoms with Crippen molar-refractivity contribution >= 4 is 23.4 Å². The fourth-order valence-electron chi connectivity index (χ4n) is 3.82. The highest BCUT2D eigenvalue weighted by Crippen LogP contribution is 2.34. The first-order valence-corrected chi connectivity index (χ1v) is 9.36. The molecule has 2 heterocycles. The average Bonchev–Trinajstić information content (AvgIpc) is 2.87. The predicted octanol–water partition coefficient (Wildman–Crippen LogP) is 2.75. The Balaban J connectivity index is 1.68. The molecule has 0 bridgehead atoms. The van der Waals surface area contributed by atoms with Crippen LogP contribution in [0.1, 0.15) is 43.5 Å². The van der Waals surface area contributed by atoms with Crippen molar-refractivity contribution in [3.63, 3.8) is 0 Å². The van der Waals surface area contributed by atoms with Crippen molar-refractivity contribution in [2.75, 3.05) is 20.1 Å². The van der Waals surface area contributed by atoms with Gasteiger partial charge in [0.2, 0.25) is 5.91 Å². The number of halogens is 1. The predicted molar refractivity (Wildman–Crippen MR) is 98.5 cm³/mol. The lowest BCUT2D eigenvalue weighted by Crippen LogP contribution is -2.58. The minimum Gasteiger partial charge on any atom is -0.338 e. The molecule has 0 radical (unpaired) electrons. The van der Waals surface area contributed by atoms with Gasteiger partial charge >= 0.3 is 0 Å². The molecule has 1 aromatic rings. The van der Waals surface area contributed by atoms with Crippen molar-refractivity contribution in [1.29, 1.82) is 0 Å². The largest absolute Gasteiger partial charge is 0.338 e. The Labute approximate surface area is 154 Å². The molecule has 6 heteroatoms. The van der Waals surface area contributed by atoms with E-state index in [1.54, 1.807) is 24.3 Å². The lowest BCUT2D eigenvalue weighted by molar-refractivity contribution is -0.132. The van der Waals surface area contributed by atoms with Crippen molar-refractivity contribution in [3.05, 3.63) is 34.9 Å². The van der Waals surface area contributed by atoms with Crippen molar-refractivity contribution in [1.82, 2.24) is 15.1 Å². The van der Waals surface area contributed by atoms with E-state index in [1.807, 2.05) is 16.8 Å². The molecular weight excluding hydrogens is 338 g/mol. The number of likely N-dealkylation sites (tertiary alicyclic amines) is 1. The van der Waals surface area contributed by atoms with Crippen molar-refractivity contribution in [3.8, 4) is 0 Å². The number of rotatable bonds is 3. The summed E-state index contributed by atoms with van der Waals surface area (Å²) in [6.07, 6.45) is 2.47. The molecule has 2 aliphatic rings. The number of nitrogens with zero attached hydrogens (tertiary/aromatic N) is 2. The van der Waals surface area contributed by atoms with Crippen LogP contribution in [0.3, 0.4) is 0 Å². The normalized spacial score (nSPS) is 24.0. The molecule has 5 nitrogen and oxygen atoms in total. The van der Waals surface area contributed by atoms with Crippen LogP contribution in [-0.2, 0) is 4.79 Å². The number of likely N-dealkylation sites (N-methyl/N-ethyl adjacent to an activating group) is 1. The van der Waals surface area contributed by atoms with Crippen LogP contribution in [0.5, 0.6) is 0 Å². The van der Waals surface area contributed by atoms with Gasteiger partial charge in [-0.2, -0.15) is 0 Å². The van der Waals surface area contributed by atoms with E-state index < -0.39 is 0 Å². The van der Waals surface area contributed by atoms with E-state index in [4.69, 9.17) is 11.6 Å². The fourth-order valence-corrected chi connectivity index (χ4v) is 3.95. The Bertz CT molecular complexity index is 653. The monoisotopic (exact) mass is 363 g/mol. The topological polar surface area (TPSA) is 52.7 Å². The first kappa shape index (κ1) is 18.2. The van der Waals surface area contributed by atoms with Crippen molar-refractivity contribution < 1.29 is 9.59 Å². The van der Waals surface area contributed by atoms with E-state index in [-0.39, 0.29) is 23.5 Å². The second kappa shape index (κ2) is 6.96. The molecule has 2 aliphatic heterocycles. The second-order valence-electron chi connectivity index (χ2n) is 7.24. The summed E-state index contributed by atoms with van der Waals surface area (Å²) in [5, 5.41) is 4.21. The van der Waals surface area contributed by atoms with E-state index in [0.717, 1.165) is 19.3 Å². The molecular formula is C19H26ClN3O2. The minimum absolute atomic E-state index is 0.0250. The zero-order valence-electron chi connectivity index (χ0n) is 15.1. The van der Waals surface area contributed by atoms with Gasteiger partial charge in [0, 0.05) is 43.6 Å². The van der Waals surface area contributed by atoms with Gasteiger partial charge in [-0.1, -0.05) is 31.9 Å². The number of carbonyl (C=O) groups is 2. The maximum Gasteiger partial charge on any atom is 0.253 e. The summed E-state index contributed by atoms with van der Waals surface area (Å²) in [5.41, 5.74) is 0.337. The molecule has 2 amide bonds. The lowest BCUT2D eigenvalue weighted by Gasteiger charge is -2.43. The second-order valence-corrected chi connectivity index (χ2v) is 7.67. The van der Waals surface area contributed by atoms with Gasteiger partial charge in [-0.05, 0) is 30.2 Å². The molecule has 1 N–H and O–H groups in total. The number of piperidine rings is 1. The molecule has 3 rings (SSSR count). The first-order valence-electron chi connectivity index (χ1n) is 8.98. The van der Waals surface area contributed by atoms with Crippen LogP contribution in [0.2, 0.25) is 5.02 Å². The SMILES string of the molecule is CCC(C)C1NC2(CCN(C(=O)c3ccc(Cl)cc3)CC2)N(C)C1=O. The summed E-state index contributed by atoms with van der Waals surface area (Å²) in [4.78, 5) is 29.0. The van der Waals surface area contributed by atoms with Crippen molar-refractivity contribution in [2.24, 2.45) is 5.92 Å². The zero-order chi connectivity index (χ0) is 18.2. The van der Waals surface area contributed by atoms with Crippen molar-refractivity contribution in [2.45, 2.75) is 44.8 Å². The van der Waals surface area contributed by atoms with Crippen LogP contribution >= 0.6 is 11.6 Å². The van der Waals surface area contributed by atoms with Gasteiger partial charge in [-0.3, -0.25) is 14.9 Å². The smallest absolute Gasteiger partial charge is 0.253 e. The van der Waals surface area contributed by atoms with Crippen LogP contribution in [-0.4, -0.2) is 53.5 Å². The Morgan fingerprint density at radius 2 is 1.92 bits per heavy atom. The van der Waals surface area contributed by atoms with Gasteiger partial charge in [0.15, 0.2) is 0 Å². The Hall–Kier alpha value is -1.59. The van der Waals surface area contributed by atoms with Gasteiger partial charge in [0.05, 0.1) is 11.7 Å². The number of nitrogens with one attached hydrogen (secondary N) is 1. The molecule has 0 aromatic heterocycles. The highest BCUT2D eigenvalue weighted by Gasteiger charge is 2.51. The Kier molecular flexibility index (Phi) is 5.07. The van der Waals surface area contributed by atoms with Crippen LogP contribution in [0, 0.1) is 5.92 Å². The van der Waals surface area contributed by atoms with Gasteiger partial charge in [-0.15, -0.1) is 0 Å². The van der Waals surface area contributed by atoms with E-state index in [1.165, 1.54) is 0 Å². The van der Waals surface area contributed by atoms with Gasteiger partial charge in [0.25, 0.3) is 5.91 Å². The Morgan fingerprint density at radius 3 is 2.48 bits per heavy atom. The van der Waals surface area contributed by atoms with E-state index >= 15 is 0 Å². The number of hydrogen-bond donors (Lipinski definition) is 1. The average molecular weight is 364 g/mol. The number of amides is 2. The summed E-state index contributed by atoms with van der Waals surface area (Å²) >= 11 is 5.89.